The molecule has 1 atom stereocenters. The Bertz CT molecular complexity index is 388. The highest BCUT2D eigenvalue weighted by Gasteiger charge is 2.27. The molecule has 1 heterocycles. The van der Waals surface area contributed by atoms with Gasteiger partial charge in [0.25, 0.3) is 0 Å². The van der Waals surface area contributed by atoms with Crippen LogP contribution in [0.4, 0.5) is 0 Å². The molecule has 0 aliphatic carbocycles. The van der Waals surface area contributed by atoms with Crippen LogP contribution in [0.25, 0.3) is 0 Å². The molecule has 1 saturated heterocycles. The molecule has 1 unspecified atom stereocenters. The summed E-state index contributed by atoms with van der Waals surface area (Å²) in [6.45, 7) is 2.43. The number of amides is 1. The van der Waals surface area contributed by atoms with Gasteiger partial charge in [0.05, 0.1) is 0 Å². The minimum Gasteiger partial charge on any atom is -0.341 e. The van der Waals surface area contributed by atoms with E-state index in [0.29, 0.717) is 13.1 Å². The molecule has 0 spiro atoms. The lowest BCUT2D eigenvalue weighted by Gasteiger charge is -2.31. The molecule has 6 heteroatoms. The Kier molecular flexibility index (Phi) is 4.07. The monoisotopic (exact) mass is 247 g/mol. The van der Waals surface area contributed by atoms with Gasteiger partial charge in [-0.15, -0.1) is 0 Å². The fourth-order valence-corrected chi connectivity index (χ4v) is 2.48. The normalized spacial score (nSPS) is 21.9. The number of hydrogen-bond acceptors (Lipinski definition) is 4. The van der Waals surface area contributed by atoms with Crippen molar-refractivity contribution in [3.8, 4) is 0 Å². The lowest BCUT2D eigenvalue weighted by Crippen LogP contribution is -2.44. The van der Waals surface area contributed by atoms with Gasteiger partial charge >= 0.3 is 0 Å². The standard InChI is InChI=1S/C10H17NO4S/c1-8(12)9-4-3-5-11(6-9)10(13)7-16(2,14)15/h9H,3-7H2,1-2H3. The second-order valence-corrected chi connectivity index (χ2v) is 6.50. The highest BCUT2D eigenvalue weighted by molar-refractivity contribution is 7.91. The minimum atomic E-state index is -3.29. The summed E-state index contributed by atoms with van der Waals surface area (Å²) >= 11 is 0. The van der Waals surface area contributed by atoms with E-state index in [1.807, 2.05) is 0 Å². The van der Waals surface area contributed by atoms with E-state index in [9.17, 15) is 18.0 Å². The number of hydrogen-bond donors (Lipinski definition) is 0. The summed E-state index contributed by atoms with van der Waals surface area (Å²) < 4.78 is 22.0. The van der Waals surface area contributed by atoms with Crippen molar-refractivity contribution < 1.29 is 18.0 Å². The summed E-state index contributed by atoms with van der Waals surface area (Å²) in [6, 6.07) is 0. The Balaban J connectivity index is 2.60. The summed E-state index contributed by atoms with van der Waals surface area (Å²) in [5.74, 6) is -0.917. The maximum absolute atomic E-state index is 11.6. The third kappa shape index (κ3) is 3.92. The smallest absolute Gasteiger partial charge is 0.237 e. The molecule has 1 amide bonds. The van der Waals surface area contributed by atoms with Crippen molar-refractivity contribution >= 4 is 21.5 Å². The average Bonchev–Trinajstić information content (AvgIpc) is 2.15. The Morgan fingerprint density at radius 1 is 1.38 bits per heavy atom. The Labute approximate surface area is 95.7 Å². The largest absolute Gasteiger partial charge is 0.341 e. The number of carbonyl (C=O) groups excluding carboxylic acids is 2. The maximum atomic E-state index is 11.6. The van der Waals surface area contributed by atoms with Crippen LogP contribution in [-0.4, -0.2) is 50.1 Å². The number of piperidine rings is 1. The van der Waals surface area contributed by atoms with Gasteiger partial charge in [-0.05, 0) is 19.8 Å². The first-order chi connectivity index (χ1) is 7.29. The average molecular weight is 247 g/mol. The second-order valence-electron chi connectivity index (χ2n) is 4.36. The van der Waals surface area contributed by atoms with Gasteiger partial charge in [-0.3, -0.25) is 9.59 Å². The number of ketones is 1. The summed E-state index contributed by atoms with van der Waals surface area (Å²) in [4.78, 5) is 24.3. The van der Waals surface area contributed by atoms with Crippen LogP contribution in [0, 0.1) is 5.92 Å². The van der Waals surface area contributed by atoms with Crippen LogP contribution < -0.4 is 0 Å². The van der Waals surface area contributed by atoms with Gasteiger partial charge in [0.1, 0.15) is 11.5 Å². The number of nitrogens with zero attached hydrogens (tertiary/aromatic N) is 1. The van der Waals surface area contributed by atoms with Crippen molar-refractivity contribution in [2.75, 3.05) is 25.1 Å². The highest BCUT2D eigenvalue weighted by atomic mass is 32.2. The first kappa shape index (κ1) is 13.2. The molecule has 1 rings (SSSR count). The van der Waals surface area contributed by atoms with Crippen molar-refractivity contribution in [2.45, 2.75) is 19.8 Å². The number of carbonyl (C=O) groups is 2. The summed E-state index contributed by atoms with van der Waals surface area (Å²) in [7, 11) is -3.29. The fraction of sp³-hybridized carbons (Fsp3) is 0.800. The number of rotatable bonds is 3. The Morgan fingerprint density at radius 3 is 2.50 bits per heavy atom. The zero-order valence-electron chi connectivity index (χ0n) is 9.60. The lowest BCUT2D eigenvalue weighted by molar-refractivity contribution is -0.132. The quantitative estimate of drug-likeness (QED) is 0.696. The van der Waals surface area contributed by atoms with Crippen LogP contribution in [0.2, 0.25) is 0 Å². The van der Waals surface area contributed by atoms with Crippen LogP contribution in [0.1, 0.15) is 19.8 Å². The molecule has 1 aliphatic heterocycles. The zero-order chi connectivity index (χ0) is 12.3. The van der Waals surface area contributed by atoms with Gasteiger partial charge in [0.15, 0.2) is 9.84 Å². The Hall–Kier alpha value is -0.910. The van der Waals surface area contributed by atoms with Gasteiger partial charge in [-0.2, -0.15) is 0 Å². The molecule has 1 aliphatic rings. The molecule has 0 aromatic carbocycles. The molecule has 0 saturated carbocycles. The molecule has 0 bridgehead atoms. The number of Topliss-reactive ketones (excluding diaryl/α,β-unsaturated/α-hetero) is 1. The van der Waals surface area contributed by atoms with Gasteiger partial charge in [-0.25, -0.2) is 8.42 Å². The minimum absolute atomic E-state index is 0.0665. The van der Waals surface area contributed by atoms with Crippen LogP contribution in [0.15, 0.2) is 0 Å². The molecule has 0 aromatic heterocycles. The topological polar surface area (TPSA) is 71.5 Å². The van der Waals surface area contributed by atoms with Gasteiger partial charge < -0.3 is 4.90 Å². The third-order valence-electron chi connectivity index (χ3n) is 2.73. The summed E-state index contributed by atoms with van der Waals surface area (Å²) in [5, 5.41) is 0. The van der Waals surface area contributed by atoms with E-state index in [1.165, 1.54) is 11.8 Å². The van der Waals surface area contributed by atoms with Gasteiger partial charge in [0.2, 0.25) is 5.91 Å². The van der Waals surface area contributed by atoms with Gasteiger partial charge in [0, 0.05) is 25.3 Å². The molecule has 92 valence electrons. The summed E-state index contributed by atoms with van der Waals surface area (Å²) in [5.41, 5.74) is 0. The van der Waals surface area contributed by atoms with E-state index < -0.39 is 21.5 Å². The molecular weight excluding hydrogens is 230 g/mol. The molecule has 5 nitrogen and oxygen atoms in total. The van der Waals surface area contributed by atoms with E-state index in [2.05, 4.69) is 0 Å². The van der Waals surface area contributed by atoms with E-state index in [4.69, 9.17) is 0 Å². The van der Waals surface area contributed by atoms with E-state index >= 15 is 0 Å². The second kappa shape index (κ2) is 4.95. The van der Waals surface area contributed by atoms with Crippen molar-refractivity contribution in [3.05, 3.63) is 0 Å². The first-order valence-corrected chi connectivity index (χ1v) is 7.31. The lowest BCUT2D eigenvalue weighted by atomic mass is 9.95. The predicted molar refractivity (Wildman–Crippen MR) is 59.7 cm³/mol. The molecule has 16 heavy (non-hydrogen) atoms. The van der Waals surface area contributed by atoms with Crippen LogP contribution in [-0.2, 0) is 19.4 Å². The van der Waals surface area contributed by atoms with Crippen molar-refractivity contribution in [3.63, 3.8) is 0 Å². The van der Waals surface area contributed by atoms with Crippen LogP contribution in [0.3, 0.4) is 0 Å². The molecule has 0 aromatic rings. The Morgan fingerprint density at radius 2 is 2.00 bits per heavy atom. The number of sulfone groups is 1. The molecule has 0 radical (unpaired) electrons. The van der Waals surface area contributed by atoms with Crippen LogP contribution in [0.5, 0.6) is 0 Å². The molecular formula is C10H17NO4S. The first-order valence-electron chi connectivity index (χ1n) is 5.25. The van der Waals surface area contributed by atoms with Gasteiger partial charge in [-0.1, -0.05) is 0 Å². The van der Waals surface area contributed by atoms with Crippen molar-refractivity contribution in [1.29, 1.82) is 0 Å². The van der Waals surface area contributed by atoms with E-state index in [0.717, 1.165) is 19.1 Å². The third-order valence-corrected chi connectivity index (χ3v) is 3.51. The SMILES string of the molecule is CC(=O)C1CCCN(C(=O)CS(C)(=O)=O)C1. The van der Waals surface area contributed by atoms with E-state index in [1.54, 1.807) is 0 Å². The zero-order valence-corrected chi connectivity index (χ0v) is 10.4. The van der Waals surface area contributed by atoms with Crippen molar-refractivity contribution in [1.82, 2.24) is 4.90 Å². The van der Waals surface area contributed by atoms with Crippen molar-refractivity contribution in [2.24, 2.45) is 5.92 Å². The van der Waals surface area contributed by atoms with Crippen LogP contribution >= 0.6 is 0 Å². The predicted octanol–water partition coefficient (Wildman–Crippen LogP) is -0.141. The molecule has 0 N–H and O–H groups in total. The highest BCUT2D eigenvalue weighted by Crippen LogP contribution is 2.17. The maximum Gasteiger partial charge on any atom is 0.237 e. The fourth-order valence-electron chi connectivity index (χ4n) is 1.85. The molecule has 1 fully saturated rings. The number of likely N-dealkylation sites (tertiary alicyclic amines) is 1. The summed E-state index contributed by atoms with van der Waals surface area (Å²) in [6.07, 6.45) is 2.59. The van der Waals surface area contributed by atoms with E-state index in [-0.39, 0.29) is 11.7 Å².